The largest absolute Gasteiger partial charge is 0.148 e. The molecule has 0 aromatic carbocycles. The summed E-state index contributed by atoms with van der Waals surface area (Å²) in [6.45, 7) is 0. The second-order valence-corrected chi connectivity index (χ2v) is 7.92. The van der Waals surface area contributed by atoms with Crippen molar-refractivity contribution in [1.29, 1.82) is 0 Å². The Balaban J connectivity index is 1.78. The van der Waals surface area contributed by atoms with Crippen LogP contribution in [0.15, 0.2) is 11.0 Å². The fourth-order valence-corrected chi connectivity index (χ4v) is 7.95. The Labute approximate surface area is 103 Å². The number of allylic oxidation sites excluding steroid dienone is 1. The molecule has 3 heterocycles. The van der Waals surface area contributed by atoms with Gasteiger partial charge in [-0.3, -0.25) is 0 Å². The van der Waals surface area contributed by atoms with Crippen LogP contribution in [0.5, 0.6) is 0 Å². The molecule has 0 aliphatic carbocycles. The average molecular weight is 250 g/mol. The van der Waals surface area contributed by atoms with Crippen molar-refractivity contribution in [2.45, 2.75) is 32.7 Å². The monoisotopic (exact) mass is 250 g/mol. The molecule has 15 heavy (non-hydrogen) atoms. The van der Waals surface area contributed by atoms with Gasteiger partial charge in [-0.15, -0.1) is 48.1 Å². The lowest BCUT2D eigenvalue weighted by Crippen LogP contribution is -2.20. The van der Waals surface area contributed by atoms with Gasteiger partial charge >= 0.3 is 0 Å². The van der Waals surface area contributed by atoms with E-state index < -0.39 is 0 Å². The van der Waals surface area contributed by atoms with Gasteiger partial charge in [-0.25, -0.2) is 0 Å². The minimum atomic E-state index is 0.434. The molecule has 0 aromatic rings. The molecule has 3 aliphatic rings. The zero-order valence-electron chi connectivity index (χ0n) is 8.05. The van der Waals surface area contributed by atoms with Gasteiger partial charge in [-0.05, 0) is 12.5 Å². The van der Waals surface area contributed by atoms with Crippen molar-refractivity contribution in [2.75, 3.05) is 0 Å². The van der Waals surface area contributed by atoms with Crippen molar-refractivity contribution in [3.63, 3.8) is 0 Å². The van der Waals surface area contributed by atoms with Crippen LogP contribution < -0.4 is 0 Å². The van der Waals surface area contributed by atoms with E-state index in [1.807, 2.05) is 23.5 Å². The maximum atomic E-state index is 5.50. The van der Waals surface area contributed by atoms with E-state index in [2.05, 4.69) is 29.7 Å². The fourth-order valence-electron chi connectivity index (χ4n) is 2.36. The molecule has 76 valence electrons. The lowest BCUT2D eigenvalue weighted by atomic mass is 10.1. The molecule has 3 aliphatic heterocycles. The molecule has 5 atom stereocenters. The van der Waals surface area contributed by atoms with E-state index in [9.17, 15) is 0 Å². The molecule has 0 amide bonds. The van der Waals surface area contributed by atoms with Crippen LogP contribution in [-0.2, 0) is 0 Å². The molecule has 0 bridgehead atoms. The highest BCUT2D eigenvalue weighted by Gasteiger charge is 2.51. The van der Waals surface area contributed by atoms with Gasteiger partial charge in [0.2, 0.25) is 0 Å². The van der Waals surface area contributed by atoms with Gasteiger partial charge in [0.05, 0.1) is 10.2 Å². The Bertz CT molecular complexity index is 398. The van der Waals surface area contributed by atoms with Crippen LogP contribution in [0.3, 0.4) is 0 Å². The van der Waals surface area contributed by atoms with E-state index in [1.54, 1.807) is 0 Å². The molecule has 3 rings (SSSR count). The molecular formula is C12H10S3. The van der Waals surface area contributed by atoms with Crippen LogP contribution in [0.2, 0.25) is 0 Å². The summed E-state index contributed by atoms with van der Waals surface area (Å²) in [6.07, 6.45) is 14.4. The third-order valence-corrected chi connectivity index (χ3v) is 8.08. The van der Waals surface area contributed by atoms with Crippen LogP contribution in [0.1, 0.15) is 6.42 Å². The number of fused-ring (bicyclic) bond motifs is 3. The second-order valence-electron chi connectivity index (χ2n) is 3.89. The van der Waals surface area contributed by atoms with Crippen molar-refractivity contribution in [3.8, 4) is 24.7 Å². The van der Waals surface area contributed by atoms with Crippen LogP contribution in [0.25, 0.3) is 0 Å². The summed E-state index contributed by atoms with van der Waals surface area (Å²) in [4.78, 5) is 1.13. The molecule has 0 nitrogen and oxygen atoms in total. The van der Waals surface area contributed by atoms with E-state index in [-0.39, 0.29) is 0 Å². The van der Waals surface area contributed by atoms with Gasteiger partial charge in [-0.1, -0.05) is 11.8 Å². The van der Waals surface area contributed by atoms with E-state index in [4.69, 9.17) is 12.8 Å². The summed E-state index contributed by atoms with van der Waals surface area (Å²) in [6, 6.07) is 0. The maximum absolute atomic E-state index is 5.50. The van der Waals surface area contributed by atoms with E-state index in [1.165, 1.54) is 6.42 Å². The topological polar surface area (TPSA) is 0 Å². The summed E-state index contributed by atoms with van der Waals surface area (Å²) in [5, 5.41) is 3.22. The Morgan fingerprint density at radius 1 is 1.27 bits per heavy atom. The molecule has 5 unspecified atom stereocenters. The van der Waals surface area contributed by atoms with Crippen molar-refractivity contribution in [2.24, 2.45) is 0 Å². The smallest absolute Gasteiger partial charge is 0.0669 e. The highest BCUT2D eigenvalue weighted by Crippen LogP contribution is 2.58. The van der Waals surface area contributed by atoms with E-state index in [0.717, 1.165) is 10.2 Å². The number of thioether (sulfide) groups is 3. The molecular weight excluding hydrogens is 240 g/mol. The summed E-state index contributed by atoms with van der Waals surface area (Å²) in [5.74, 6) is 5.64. The van der Waals surface area contributed by atoms with Gasteiger partial charge in [0.15, 0.2) is 0 Å². The van der Waals surface area contributed by atoms with E-state index >= 15 is 0 Å². The number of hydrogen-bond acceptors (Lipinski definition) is 3. The summed E-state index contributed by atoms with van der Waals surface area (Å²) in [5.41, 5.74) is 0. The third-order valence-electron chi connectivity index (χ3n) is 3.02. The van der Waals surface area contributed by atoms with Crippen LogP contribution in [-0.4, -0.2) is 26.2 Å². The Morgan fingerprint density at radius 2 is 2.13 bits per heavy atom. The van der Waals surface area contributed by atoms with E-state index in [0.29, 0.717) is 21.0 Å². The highest BCUT2D eigenvalue weighted by molar-refractivity contribution is 8.11. The fraction of sp³-hybridized carbons (Fsp3) is 0.500. The first-order chi connectivity index (χ1) is 7.31. The molecule has 0 spiro atoms. The average Bonchev–Trinajstić information content (AvgIpc) is 2.85. The number of hydrogen-bond donors (Lipinski definition) is 0. The number of rotatable bonds is 0. The SMILES string of the molecule is C#CC1=CC2SC3CC(C#C)SC3C2S1. The molecule has 0 N–H and O–H groups in total. The van der Waals surface area contributed by atoms with Gasteiger partial charge in [-0.2, -0.15) is 0 Å². The van der Waals surface area contributed by atoms with Crippen molar-refractivity contribution in [1.82, 2.24) is 0 Å². The van der Waals surface area contributed by atoms with Crippen LogP contribution in [0, 0.1) is 24.7 Å². The standard InChI is InChI=1S/C12H10S3/c1-3-7-5-9-11(13-7)12-10(15-9)6-8(4-2)14-12/h1-2,5,8-12H,6H2. The van der Waals surface area contributed by atoms with Gasteiger partial charge < -0.3 is 0 Å². The molecule has 2 fully saturated rings. The first-order valence-electron chi connectivity index (χ1n) is 4.94. The Morgan fingerprint density at radius 3 is 2.87 bits per heavy atom. The molecule has 0 radical (unpaired) electrons. The third kappa shape index (κ3) is 1.53. The second kappa shape index (κ2) is 3.74. The highest BCUT2D eigenvalue weighted by atomic mass is 32.2. The molecule has 0 aromatic heterocycles. The molecule has 2 saturated heterocycles. The first-order valence-corrected chi connectivity index (χ1v) is 7.70. The van der Waals surface area contributed by atoms with Crippen molar-refractivity contribution < 1.29 is 0 Å². The quantitative estimate of drug-likeness (QED) is 0.607. The van der Waals surface area contributed by atoms with Gasteiger partial charge in [0.1, 0.15) is 0 Å². The zero-order chi connectivity index (χ0) is 10.4. The van der Waals surface area contributed by atoms with Crippen molar-refractivity contribution >= 4 is 35.3 Å². The maximum Gasteiger partial charge on any atom is 0.0669 e. The molecule has 0 saturated carbocycles. The predicted octanol–water partition coefficient (Wildman–Crippen LogP) is 2.61. The Hall–Kier alpha value is -0.0900. The normalized spacial score (nSPS) is 46.5. The molecule has 3 heteroatoms. The minimum Gasteiger partial charge on any atom is -0.148 e. The van der Waals surface area contributed by atoms with Crippen molar-refractivity contribution in [3.05, 3.63) is 11.0 Å². The lowest BCUT2D eigenvalue weighted by Gasteiger charge is -2.14. The number of terminal acetylenes is 2. The van der Waals surface area contributed by atoms with Gasteiger partial charge in [0, 0.05) is 21.0 Å². The summed E-state index contributed by atoms with van der Waals surface area (Å²) >= 11 is 5.96. The van der Waals surface area contributed by atoms with Crippen LogP contribution >= 0.6 is 35.3 Å². The zero-order valence-corrected chi connectivity index (χ0v) is 10.5. The van der Waals surface area contributed by atoms with Gasteiger partial charge in [0.25, 0.3) is 0 Å². The Kier molecular flexibility index (Phi) is 2.51. The predicted molar refractivity (Wildman–Crippen MR) is 72.1 cm³/mol. The first kappa shape index (κ1) is 10.1. The summed E-state index contributed by atoms with van der Waals surface area (Å²) in [7, 11) is 0. The van der Waals surface area contributed by atoms with Crippen LogP contribution in [0.4, 0.5) is 0 Å². The summed E-state index contributed by atoms with van der Waals surface area (Å²) < 4.78 is 0. The lowest BCUT2D eigenvalue weighted by molar-refractivity contribution is 0.799. The minimum absolute atomic E-state index is 0.434.